The quantitative estimate of drug-likeness (QED) is 0.802. The predicted octanol–water partition coefficient (Wildman–Crippen LogP) is 2.46. The van der Waals surface area contributed by atoms with Crippen LogP contribution in [0.1, 0.15) is 22.7 Å². The molecule has 2 aromatic carbocycles. The summed E-state index contributed by atoms with van der Waals surface area (Å²) in [6.07, 6.45) is 0.564. The van der Waals surface area contributed by atoms with Crippen LogP contribution in [0, 0.1) is 6.92 Å². The van der Waals surface area contributed by atoms with Crippen molar-refractivity contribution < 1.29 is 17.9 Å². The molecule has 3 rings (SSSR count). The Balaban J connectivity index is 2.09. The van der Waals surface area contributed by atoms with Gasteiger partial charge in [-0.05, 0) is 36.6 Å². The number of benzene rings is 2. The molecule has 0 radical (unpaired) electrons. The maximum absolute atomic E-state index is 13.1. The molecule has 1 heterocycles. The average molecular weight is 345 g/mol. The minimum Gasteiger partial charge on any atom is -0.468 e. The highest BCUT2D eigenvalue weighted by atomic mass is 32.2. The van der Waals surface area contributed by atoms with Crippen LogP contribution in [0.2, 0.25) is 0 Å². The van der Waals surface area contributed by atoms with Crippen molar-refractivity contribution >= 4 is 16.0 Å². The van der Waals surface area contributed by atoms with Gasteiger partial charge >= 0.3 is 5.97 Å². The van der Waals surface area contributed by atoms with E-state index in [-0.39, 0.29) is 11.4 Å². The van der Waals surface area contributed by atoms with Crippen molar-refractivity contribution in [1.82, 2.24) is 4.31 Å². The van der Waals surface area contributed by atoms with Gasteiger partial charge in [0.1, 0.15) is 6.04 Å². The van der Waals surface area contributed by atoms with E-state index in [4.69, 9.17) is 4.74 Å². The van der Waals surface area contributed by atoms with Gasteiger partial charge in [-0.15, -0.1) is 0 Å². The third-order valence-electron chi connectivity index (χ3n) is 4.29. The van der Waals surface area contributed by atoms with Crippen molar-refractivity contribution in [1.29, 1.82) is 0 Å². The Morgan fingerprint density at radius 1 is 1.12 bits per heavy atom. The van der Waals surface area contributed by atoms with Gasteiger partial charge in [0, 0.05) is 6.54 Å². The lowest BCUT2D eigenvalue weighted by Gasteiger charge is -2.34. The number of methoxy groups -OCH3 is 1. The summed E-state index contributed by atoms with van der Waals surface area (Å²) >= 11 is 0. The first-order valence-electron chi connectivity index (χ1n) is 7.69. The third kappa shape index (κ3) is 2.83. The van der Waals surface area contributed by atoms with Gasteiger partial charge in [-0.3, -0.25) is 0 Å². The number of esters is 1. The Morgan fingerprint density at radius 2 is 1.79 bits per heavy atom. The lowest BCUT2D eigenvalue weighted by atomic mass is 9.94. The van der Waals surface area contributed by atoms with Crippen molar-refractivity contribution in [2.24, 2.45) is 0 Å². The smallest absolute Gasteiger partial charge is 0.328 e. The molecule has 0 N–H and O–H groups in total. The van der Waals surface area contributed by atoms with Crippen molar-refractivity contribution in [2.45, 2.75) is 24.3 Å². The molecule has 0 spiro atoms. The van der Waals surface area contributed by atoms with E-state index in [2.05, 4.69) is 0 Å². The maximum Gasteiger partial charge on any atom is 0.328 e. The van der Waals surface area contributed by atoms with E-state index in [1.165, 1.54) is 11.4 Å². The highest BCUT2D eigenvalue weighted by Gasteiger charge is 2.41. The van der Waals surface area contributed by atoms with Crippen molar-refractivity contribution in [3.8, 4) is 0 Å². The molecule has 0 amide bonds. The predicted molar refractivity (Wildman–Crippen MR) is 90.0 cm³/mol. The molecule has 1 unspecified atom stereocenters. The topological polar surface area (TPSA) is 63.7 Å². The van der Waals surface area contributed by atoms with Crippen LogP contribution < -0.4 is 0 Å². The zero-order valence-electron chi connectivity index (χ0n) is 13.6. The number of carbonyl (C=O) groups excluding carboxylic acids is 1. The molecule has 2 aromatic rings. The lowest BCUT2D eigenvalue weighted by molar-refractivity contribution is -0.145. The van der Waals surface area contributed by atoms with Crippen molar-refractivity contribution in [2.75, 3.05) is 13.7 Å². The molecular weight excluding hydrogens is 326 g/mol. The van der Waals surface area contributed by atoms with Gasteiger partial charge in [-0.25, -0.2) is 13.2 Å². The van der Waals surface area contributed by atoms with Crippen LogP contribution >= 0.6 is 0 Å². The first-order chi connectivity index (χ1) is 11.4. The summed E-state index contributed by atoms with van der Waals surface area (Å²) in [5.41, 5.74) is 2.64. The van der Waals surface area contributed by atoms with Gasteiger partial charge in [0.25, 0.3) is 0 Å². The monoisotopic (exact) mass is 345 g/mol. The molecule has 126 valence electrons. The van der Waals surface area contributed by atoms with E-state index in [1.807, 2.05) is 19.1 Å². The standard InChI is InChI=1S/C18H19NO4S/c1-13-7-9-15(10-8-13)24(21,22)19-12-11-14-5-3-4-6-16(14)17(19)18(20)23-2/h3-10,17H,11-12H2,1-2H3. The molecule has 0 saturated carbocycles. The first kappa shape index (κ1) is 16.7. The number of nitrogens with zero attached hydrogens (tertiary/aromatic N) is 1. The Morgan fingerprint density at radius 3 is 2.46 bits per heavy atom. The van der Waals surface area contributed by atoms with Crippen LogP contribution in [-0.4, -0.2) is 32.3 Å². The molecule has 0 saturated heterocycles. The highest BCUT2D eigenvalue weighted by molar-refractivity contribution is 7.89. The zero-order chi connectivity index (χ0) is 17.3. The molecule has 24 heavy (non-hydrogen) atoms. The minimum absolute atomic E-state index is 0.182. The largest absolute Gasteiger partial charge is 0.468 e. The van der Waals surface area contributed by atoms with Crippen LogP contribution in [0.5, 0.6) is 0 Å². The summed E-state index contributed by atoms with van der Waals surface area (Å²) in [5.74, 6) is -0.571. The number of aryl methyl sites for hydroxylation is 1. The number of hydrogen-bond donors (Lipinski definition) is 0. The highest BCUT2D eigenvalue weighted by Crippen LogP contribution is 2.34. The number of sulfonamides is 1. The number of hydrogen-bond acceptors (Lipinski definition) is 4. The second kappa shape index (κ2) is 6.37. The minimum atomic E-state index is -3.79. The maximum atomic E-state index is 13.1. The van der Waals surface area contributed by atoms with Gasteiger partial charge in [0.05, 0.1) is 12.0 Å². The summed E-state index contributed by atoms with van der Waals surface area (Å²) in [6.45, 7) is 2.14. The second-order valence-corrected chi connectivity index (χ2v) is 7.69. The number of fused-ring (bicyclic) bond motifs is 1. The number of carbonyl (C=O) groups is 1. The van der Waals surface area contributed by atoms with E-state index in [0.29, 0.717) is 12.0 Å². The first-order valence-corrected chi connectivity index (χ1v) is 9.13. The fourth-order valence-electron chi connectivity index (χ4n) is 3.00. The van der Waals surface area contributed by atoms with Crippen LogP contribution in [0.3, 0.4) is 0 Å². The van der Waals surface area contributed by atoms with Gasteiger partial charge in [-0.1, -0.05) is 42.0 Å². The fraction of sp³-hybridized carbons (Fsp3) is 0.278. The molecule has 0 fully saturated rings. The van der Waals surface area contributed by atoms with E-state index < -0.39 is 22.0 Å². The Labute approximate surface area is 141 Å². The molecule has 0 aromatic heterocycles. The Bertz CT molecular complexity index is 859. The Hall–Kier alpha value is -2.18. The number of rotatable bonds is 3. The number of ether oxygens (including phenoxy) is 1. The van der Waals surface area contributed by atoms with Gasteiger partial charge in [-0.2, -0.15) is 4.31 Å². The molecule has 1 atom stereocenters. The molecule has 1 aliphatic heterocycles. The summed E-state index contributed by atoms with van der Waals surface area (Å²) in [6, 6.07) is 13.1. The van der Waals surface area contributed by atoms with E-state index in [1.54, 1.807) is 36.4 Å². The van der Waals surface area contributed by atoms with Crippen molar-refractivity contribution in [3.63, 3.8) is 0 Å². The van der Waals surface area contributed by atoms with Crippen LogP contribution in [0.15, 0.2) is 53.4 Å². The fourth-order valence-corrected chi connectivity index (χ4v) is 4.56. The van der Waals surface area contributed by atoms with Gasteiger partial charge in [0.15, 0.2) is 0 Å². The molecular formula is C18H19NO4S. The summed E-state index contributed by atoms with van der Waals surface area (Å²) in [5, 5.41) is 0. The average Bonchev–Trinajstić information content (AvgIpc) is 2.60. The molecule has 5 nitrogen and oxygen atoms in total. The van der Waals surface area contributed by atoms with Crippen LogP contribution in [0.4, 0.5) is 0 Å². The Kier molecular flexibility index (Phi) is 4.43. The molecule has 1 aliphatic rings. The normalized spacial score (nSPS) is 18.0. The summed E-state index contributed by atoms with van der Waals surface area (Å²) in [4.78, 5) is 12.5. The molecule has 6 heteroatoms. The molecule has 0 aliphatic carbocycles. The van der Waals surface area contributed by atoms with Crippen molar-refractivity contribution in [3.05, 3.63) is 65.2 Å². The van der Waals surface area contributed by atoms with Gasteiger partial charge in [0.2, 0.25) is 10.0 Å². The van der Waals surface area contributed by atoms with E-state index >= 15 is 0 Å². The SMILES string of the molecule is COC(=O)C1c2ccccc2CCN1S(=O)(=O)c1ccc(C)cc1. The second-order valence-electron chi connectivity index (χ2n) is 5.80. The molecule has 0 bridgehead atoms. The zero-order valence-corrected chi connectivity index (χ0v) is 14.4. The summed E-state index contributed by atoms with van der Waals surface area (Å²) < 4.78 is 32.2. The van der Waals surface area contributed by atoms with E-state index in [0.717, 1.165) is 11.1 Å². The summed E-state index contributed by atoms with van der Waals surface area (Å²) in [7, 11) is -2.52. The van der Waals surface area contributed by atoms with E-state index in [9.17, 15) is 13.2 Å². The third-order valence-corrected chi connectivity index (χ3v) is 6.17. The van der Waals surface area contributed by atoms with Gasteiger partial charge < -0.3 is 4.74 Å². The van der Waals surface area contributed by atoms with Crippen LogP contribution in [-0.2, 0) is 26.0 Å². The van der Waals surface area contributed by atoms with Crippen LogP contribution in [0.25, 0.3) is 0 Å². The lowest BCUT2D eigenvalue weighted by Crippen LogP contribution is -2.43.